The maximum atomic E-state index is 5.39. The minimum absolute atomic E-state index is 0.502. The van der Waals surface area contributed by atoms with Crippen LogP contribution in [0.1, 0.15) is 25.3 Å². The molecule has 0 spiro atoms. The van der Waals surface area contributed by atoms with Crippen molar-refractivity contribution < 1.29 is 4.74 Å². The molecule has 1 aliphatic heterocycles. The van der Waals surface area contributed by atoms with E-state index in [2.05, 4.69) is 39.1 Å². The number of benzene rings is 1. The third-order valence-electron chi connectivity index (χ3n) is 3.61. The minimum Gasteiger partial charge on any atom is -0.496 e. The van der Waals surface area contributed by atoms with Crippen LogP contribution < -0.4 is 10.1 Å². The number of ether oxygens (including phenoxy) is 1. The van der Waals surface area contributed by atoms with Gasteiger partial charge in [-0.25, -0.2) is 0 Å². The van der Waals surface area contributed by atoms with E-state index >= 15 is 0 Å². The SMILES string of the molecule is COc1ccc(Br)cc1CNC(C)CN1CCCC1. The van der Waals surface area contributed by atoms with Crippen molar-refractivity contribution in [1.82, 2.24) is 10.2 Å². The van der Waals surface area contributed by atoms with Gasteiger partial charge in [-0.15, -0.1) is 0 Å². The zero-order valence-corrected chi connectivity index (χ0v) is 13.4. The Balaban J connectivity index is 1.85. The van der Waals surface area contributed by atoms with Gasteiger partial charge in [-0.1, -0.05) is 15.9 Å². The second-order valence-corrected chi connectivity index (χ2v) is 6.16. The molecule has 106 valence electrons. The number of nitrogens with one attached hydrogen (secondary N) is 1. The van der Waals surface area contributed by atoms with Gasteiger partial charge in [0.2, 0.25) is 0 Å². The van der Waals surface area contributed by atoms with Crippen molar-refractivity contribution in [2.24, 2.45) is 0 Å². The summed E-state index contributed by atoms with van der Waals surface area (Å²) in [5, 5.41) is 3.59. The quantitative estimate of drug-likeness (QED) is 0.869. The van der Waals surface area contributed by atoms with Crippen LogP contribution in [0.2, 0.25) is 0 Å². The van der Waals surface area contributed by atoms with Crippen LogP contribution in [0.25, 0.3) is 0 Å². The number of methoxy groups -OCH3 is 1. The summed E-state index contributed by atoms with van der Waals surface area (Å²) in [5.41, 5.74) is 1.20. The number of likely N-dealkylation sites (tertiary alicyclic amines) is 1. The van der Waals surface area contributed by atoms with Gasteiger partial charge in [-0.05, 0) is 51.1 Å². The molecule has 0 aliphatic carbocycles. The lowest BCUT2D eigenvalue weighted by atomic mass is 10.2. The fraction of sp³-hybridized carbons (Fsp3) is 0.600. The van der Waals surface area contributed by atoms with Crippen molar-refractivity contribution in [2.75, 3.05) is 26.7 Å². The molecule has 19 heavy (non-hydrogen) atoms. The lowest BCUT2D eigenvalue weighted by Gasteiger charge is -2.21. The van der Waals surface area contributed by atoms with Crippen LogP contribution in [0.3, 0.4) is 0 Å². The molecule has 2 rings (SSSR count). The smallest absolute Gasteiger partial charge is 0.123 e. The molecule has 0 bridgehead atoms. The Morgan fingerprint density at radius 2 is 2.11 bits per heavy atom. The van der Waals surface area contributed by atoms with E-state index in [0.29, 0.717) is 6.04 Å². The van der Waals surface area contributed by atoms with Crippen LogP contribution in [0.5, 0.6) is 5.75 Å². The molecule has 1 aromatic rings. The zero-order chi connectivity index (χ0) is 13.7. The van der Waals surface area contributed by atoms with E-state index in [9.17, 15) is 0 Å². The first-order chi connectivity index (χ1) is 9.19. The van der Waals surface area contributed by atoms with Crippen LogP contribution >= 0.6 is 15.9 Å². The second-order valence-electron chi connectivity index (χ2n) is 5.25. The summed E-state index contributed by atoms with van der Waals surface area (Å²) in [7, 11) is 1.72. The molecule has 0 saturated carbocycles. The van der Waals surface area contributed by atoms with E-state index in [-0.39, 0.29) is 0 Å². The molecule has 3 nitrogen and oxygen atoms in total. The maximum absolute atomic E-state index is 5.39. The maximum Gasteiger partial charge on any atom is 0.123 e. The highest BCUT2D eigenvalue weighted by molar-refractivity contribution is 9.10. The predicted octanol–water partition coefficient (Wildman–Crippen LogP) is 3.03. The molecule has 1 saturated heterocycles. The molecule has 1 aliphatic rings. The van der Waals surface area contributed by atoms with Gasteiger partial charge < -0.3 is 15.0 Å². The largest absolute Gasteiger partial charge is 0.496 e. The van der Waals surface area contributed by atoms with E-state index in [1.807, 2.05) is 12.1 Å². The highest BCUT2D eigenvalue weighted by atomic mass is 79.9. The van der Waals surface area contributed by atoms with Crippen LogP contribution in [-0.2, 0) is 6.54 Å². The molecule has 1 unspecified atom stereocenters. The number of rotatable bonds is 6. The molecule has 1 fully saturated rings. The first-order valence-corrected chi connectivity index (χ1v) is 7.76. The summed E-state index contributed by atoms with van der Waals surface area (Å²) in [6.07, 6.45) is 2.71. The fourth-order valence-electron chi connectivity index (χ4n) is 2.59. The lowest BCUT2D eigenvalue weighted by Crippen LogP contribution is -2.37. The highest BCUT2D eigenvalue weighted by Crippen LogP contribution is 2.22. The Morgan fingerprint density at radius 1 is 1.37 bits per heavy atom. The first kappa shape index (κ1) is 14.8. The average Bonchev–Trinajstić information content (AvgIpc) is 2.89. The van der Waals surface area contributed by atoms with Gasteiger partial charge >= 0.3 is 0 Å². The van der Waals surface area contributed by atoms with E-state index in [1.165, 1.54) is 31.5 Å². The molecule has 0 aromatic heterocycles. The molecule has 4 heteroatoms. The Hall–Kier alpha value is -0.580. The molecule has 1 N–H and O–H groups in total. The zero-order valence-electron chi connectivity index (χ0n) is 11.8. The van der Waals surface area contributed by atoms with Crippen molar-refractivity contribution >= 4 is 15.9 Å². The van der Waals surface area contributed by atoms with Gasteiger partial charge in [0.15, 0.2) is 0 Å². The summed E-state index contributed by atoms with van der Waals surface area (Å²) in [6.45, 7) is 6.75. The fourth-order valence-corrected chi connectivity index (χ4v) is 3.00. The molecule has 1 aromatic carbocycles. The minimum atomic E-state index is 0.502. The number of nitrogens with zero attached hydrogens (tertiary/aromatic N) is 1. The molecule has 0 radical (unpaired) electrons. The lowest BCUT2D eigenvalue weighted by molar-refractivity contribution is 0.297. The summed E-state index contributed by atoms with van der Waals surface area (Å²) >= 11 is 3.51. The van der Waals surface area contributed by atoms with E-state index in [4.69, 9.17) is 4.74 Å². The molecule has 0 amide bonds. The van der Waals surface area contributed by atoms with E-state index in [0.717, 1.165) is 23.3 Å². The summed E-state index contributed by atoms with van der Waals surface area (Å²) in [6, 6.07) is 6.64. The Kier molecular flexibility index (Phi) is 5.67. The Labute approximate surface area is 124 Å². The van der Waals surface area contributed by atoms with Crippen LogP contribution in [0, 0.1) is 0 Å². The second kappa shape index (κ2) is 7.27. The van der Waals surface area contributed by atoms with Gasteiger partial charge in [-0.2, -0.15) is 0 Å². The van der Waals surface area contributed by atoms with Crippen molar-refractivity contribution in [3.63, 3.8) is 0 Å². The molecular weight excluding hydrogens is 304 g/mol. The monoisotopic (exact) mass is 326 g/mol. The third kappa shape index (κ3) is 4.48. The summed E-state index contributed by atoms with van der Waals surface area (Å²) in [4.78, 5) is 2.54. The number of halogens is 1. The molecule has 1 heterocycles. The Morgan fingerprint density at radius 3 is 2.79 bits per heavy atom. The third-order valence-corrected chi connectivity index (χ3v) is 4.11. The molecule has 1 atom stereocenters. The van der Waals surface area contributed by atoms with Crippen LogP contribution in [-0.4, -0.2) is 37.7 Å². The van der Waals surface area contributed by atoms with Gasteiger partial charge in [0.05, 0.1) is 7.11 Å². The normalized spacial score (nSPS) is 17.6. The van der Waals surface area contributed by atoms with Crippen molar-refractivity contribution in [3.05, 3.63) is 28.2 Å². The number of hydrogen-bond donors (Lipinski definition) is 1. The Bertz CT molecular complexity index is 405. The molecular formula is C15H23BrN2O. The summed E-state index contributed by atoms with van der Waals surface area (Å²) < 4.78 is 6.49. The number of hydrogen-bond acceptors (Lipinski definition) is 3. The van der Waals surface area contributed by atoms with Gasteiger partial charge in [0.1, 0.15) is 5.75 Å². The van der Waals surface area contributed by atoms with E-state index < -0.39 is 0 Å². The van der Waals surface area contributed by atoms with Crippen LogP contribution in [0.4, 0.5) is 0 Å². The standard InChI is InChI=1S/C15H23BrN2O/c1-12(11-18-7-3-4-8-18)17-10-13-9-14(16)5-6-15(13)19-2/h5-6,9,12,17H,3-4,7-8,10-11H2,1-2H3. The average molecular weight is 327 g/mol. The van der Waals surface area contributed by atoms with Crippen LogP contribution in [0.15, 0.2) is 22.7 Å². The predicted molar refractivity (Wildman–Crippen MR) is 82.7 cm³/mol. The van der Waals surface area contributed by atoms with E-state index in [1.54, 1.807) is 7.11 Å². The highest BCUT2D eigenvalue weighted by Gasteiger charge is 2.14. The van der Waals surface area contributed by atoms with Gasteiger partial charge in [0, 0.05) is 29.2 Å². The van der Waals surface area contributed by atoms with Crippen molar-refractivity contribution in [2.45, 2.75) is 32.4 Å². The van der Waals surface area contributed by atoms with Crippen molar-refractivity contribution in [3.8, 4) is 5.75 Å². The summed E-state index contributed by atoms with van der Waals surface area (Å²) in [5.74, 6) is 0.948. The van der Waals surface area contributed by atoms with Gasteiger partial charge in [0.25, 0.3) is 0 Å². The topological polar surface area (TPSA) is 24.5 Å². The van der Waals surface area contributed by atoms with Crippen molar-refractivity contribution in [1.29, 1.82) is 0 Å². The van der Waals surface area contributed by atoms with Gasteiger partial charge in [-0.3, -0.25) is 0 Å². The first-order valence-electron chi connectivity index (χ1n) is 6.97.